The Hall–Kier alpha value is -2.44. The minimum absolute atomic E-state index is 0.0724. The lowest BCUT2D eigenvalue weighted by Gasteiger charge is -2.26. The monoisotopic (exact) mass is 369 g/mol. The second-order valence-electron chi connectivity index (χ2n) is 5.86. The third kappa shape index (κ3) is 4.20. The van der Waals surface area contributed by atoms with Crippen LogP contribution in [0.3, 0.4) is 0 Å². The highest BCUT2D eigenvalue weighted by molar-refractivity contribution is 7.13. The molecule has 0 bridgehead atoms. The van der Waals surface area contributed by atoms with E-state index in [1.807, 2.05) is 66.6 Å². The quantitative estimate of drug-likeness (QED) is 0.649. The Labute approximate surface area is 157 Å². The third-order valence-corrected chi connectivity index (χ3v) is 5.08. The van der Waals surface area contributed by atoms with Crippen molar-refractivity contribution in [3.63, 3.8) is 0 Å². The largest absolute Gasteiger partial charge is 0.444 e. The van der Waals surface area contributed by atoms with Crippen LogP contribution in [0.15, 0.2) is 58.5 Å². The highest BCUT2D eigenvalue weighted by atomic mass is 32.1. The van der Waals surface area contributed by atoms with E-state index < -0.39 is 6.04 Å². The predicted molar refractivity (Wildman–Crippen MR) is 104 cm³/mol. The second kappa shape index (κ2) is 8.78. The molecular weight excluding hydrogens is 346 g/mol. The molecule has 26 heavy (non-hydrogen) atoms. The number of thiophene rings is 1. The van der Waals surface area contributed by atoms with Crippen LogP contribution >= 0.6 is 11.3 Å². The molecule has 0 fully saturated rings. The first-order chi connectivity index (χ1) is 12.7. The van der Waals surface area contributed by atoms with Gasteiger partial charge in [-0.1, -0.05) is 36.4 Å². The van der Waals surface area contributed by atoms with Crippen LogP contribution in [0.25, 0.3) is 10.8 Å². The van der Waals surface area contributed by atoms with Gasteiger partial charge in [0, 0.05) is 19.6 Å². The molecule has 0 radical (unpaired) electrons. The van der Waals surface area contributed by atoms with Crippen molar-refractivity contribution in [1.29, 1.82) is 0 Å². The summed E-state index contributed by atoms with van der Waals surface area (Å²) in [7, 11) is 0. The minimum atomic E-state index is -0.405. The molecular formula is C20H23N3O2S. The Kier molecular flexibility index (Phi) is 6.20. The lowest BCUT2D eigenvalue weighted by atomic mass is 10.1. The molecule has 3 aromatic rings. The van der Waals surface area contributed by atoms with Crippen molar-refractivity contribution in [2.45, 2.75) is 26.4 Å². The van der Waals surface area contributed by atoms with Gasteiger partial charge < -0.3 is 9.32 Å². The summed E-state index contributed by atoms with van der Waals surface area (Å²) in [5, 5.41) is 5.34. The average molecular weight is 369 g/mol. The summed E-state index contributed by atoms with van der Waals surface area (Å²) in [6.45, 7) is 5.82. The van der Waals surface area contributed by atoms with E-state index in [4.69, 9.17) is 4.42 Å². The van der Waals surface area contributed by atoms with Gasteiger partial charge in [0.25, 0.3) is 0 Å². The molecule has 0 spiro atoms. The van der Waals surface area contributed by atoms with Crippen molar-refractivity contribution >= 4 is 17.2 Å². The van der Waals surface area contributed by atoms with Crippen LogP contribution in [0.2, 0.25) is 0 Å². The van der Waals surface area contributed by atoms with E-state index in [0.29, 0.717) is 25.5 Å². The fourth-order valence-corrected chi connectivity index (χ4v) is 3.47. The lowest BCUT2D eigenvalue weighted by molar-refractivity contribution is -0.133. The van der Waals surface area contributed by atoms with Crippen molar-refractivity contribution in [3.05, 3.63) is 65.4 Å². The van der Waals surface area contributed by atoms with Crippen molar-refractivity contribution in [1.82, 2.24) is 15.2 Å². The van der Waals surface area contributed by atoms with Crippen molar-refractivity contribution < 1.29 is 9.21 Å². The number of amides is 1. The maximum absolute atomic E-state index is 12.9. The van der Waals surface area contributed by atoms with Crippen molar-refractivity contribution in [2.24, 2.45) is 0 Å². The number of likely N-dealkylation sites (N-methyl/N-ethyl adjacent to an activating group) is 1. The van der Waals surface area contributed by atoms with Crippen LogP contribution in [0, 0.1) is 0 Å². The summed E-state index contributed by atoms with van der Waals surface area (Å²) >= 11 is 1.59. The molecule has 136 valence electrons. The summed E-state index contributed by atoms with van der Waals surface area (Å²) < 4.78 is 5.56. The molecule has 1 amide bonds. The molecule has 5 nitrogen and oxygen atoms in total. The highest BCUT2D eigenvalue weighted by Gasteiger charge is 2.24. The number of carbonyl (C=O) groups excluding carboxylic acids is 1. The second-order valence-corrected chi connectivity index (χ2v) is 6.80. The van der Waals surface area contributed by atoms with E-state index in [9.17, 15) is 4.79 Å². The number of hydrogen-bond donors (Lipinski definition) is 1. The fraction of sp³-hybridized carbons (Fsp3) is 0.300. The van der Waals surface area contributed by atoms with Crippen LogP contribution in [0.4, 0.5) is 0 Å². The van der Waals surface area contributed by atoms with Gasteiger partial charge in [0.15, 0.2) is 0 Å². The maximum atomic E-state index is 12.9. The first-order valence-electron chi connectivity index (χ1n) is 8.78. The number of benzene rings is 1. The Morgan fingerprint density at radius 1 is 1.19 bits per heavy atom. The van der Waals surface area contributed by atoms with E-state index in [0.717, 1.165) is 16.1 Å². The standard InChI is InChI=1S/C20H23N3O2S/c1-3-23(4-2)20(24)18(15-9-6-5-7-10-15)21-13-16-14-25-19(22-16)17-11-8-12-26-17/h5-12,14,18,21H,3-4,13H2,1-2H3. The van der Waals surface area contributed by atoms with E-state index in [2.05, 4.69) is 10.3 Å². The van der Waals surface area contributed by atoms with E-state index >= 15 is 0 Å². The molecule has 0 aliphatic heterocycles. The summed E-state index contributed by atoms with van der Waals surface area (Å²) in [6.07, 6.45) is 1.64. The van der Waals surface area contributed by atoms with E-state index in [1.54, 1.807) is 17.6 Å². The average Bonchev–Trinajstić information content (AvgIpc) is 3.35. The van der Waals surface area contributed by atoms with E-state index in [-0.39, 0.29) is 5.91 Å². The molecule has 2 heterocycles. The highest BCUT2D eigenvalue weighted by Crippen LogP contribution is 2.24. The molecule has 6 heteroatoms. The summed E-state index contributed by atoms with van der Waals surface area (Å²) in [5.74, 6) is 0.686. The predicted octanol–water partition coefficient (Wildman–Crippen LogP) is 4.10. The van der Waals surface area contributed by atoms with Crippen molar-refractivity contribution in [3.8, 4) is 10.8 Å². The molecule has 1 atom stereocenters. The Morgan fingerprint density at radius 2 is 1.96 bits per heavy atom. The third-order valence-electron chi connectivity index (χ3n) is 4.23. The number of oxazole rings is 1. The Morgan fingerprint density at radius 3 is 2.62 bits per heavy atom. The van der Waals surface area contributed by atoms with Crippen LogP contribution in [0.1, 0.15) is 31.1 Å². The van der Waals surface area contributed by atoms with Gasteiger partial charge in [0.05, 0.1) is 10.6 Å². The van der Waals surface area contributed by atoms with Crippen molar-refractivity contribution in [2.75, 3.05) is 13.1 Å². The zero-order valence-electron chi connectivity index (χ0n) is 15.0. The summed E-state index contributed by atoms with van der Waals surface area (Å²) in [5.41, 5.74) is 1.73. The molecule has 0 saturated heterocycles. The van der Waals surface area contributed by atoms with Gasteiger partial charge in [-0.25, -0.2) is 4.98 Å². The molecule has 2 aromatic heterocycles. The SMILES string of the molecule is CCN(CC)C(=O)C(NCc1coc(-c2cccs2)n1)c1ccccc1. The number of hydrogen-bond acceptors (Lipinski definition) is 5. The van der Waals surface area contributed by atoms with Gasteiger partial charge in [-0.3, -0.25) is 10.1 Å². The first-order valence-corrected chi connectivity index (χ1v) is 9.66. The lowest BCUT2D eigenvalue weighted by Crippen LogP contribution is -2.40. The number of aromatic nitrogens is 1. The van der Waals surface area contributed by atoms with Crippen LogP contribution < -0.4 is 5.32 Å². The number of nitrogens with one attached hydrogen (secondary N) is 1. The van der Waals surface area contributed by atoms with E-state index in [1.165, 1.54) is 0 Å². The molecule has 0 saturated carbocycles. The van der Waals surface area contributed by atoms with Gasteiger partial charge in [-0.2, -0.15) is 0 Å². The molecule has 1 N–H and O–H groups in total. The number of carbonyl (C=O) groups is 1. The Bertz CT molecular complexity index is 811. The fourth-order valence-electron chi connectivity index (χ4n) is 2.82. The van der Waals surface area contributed by atoms with Crippen LogP contribution in [0.5, 0.6) is 0 Å². The van der Waals surface area contributed by atoms with Crippen LogP contribution in [-0.2, 0) is 11.3 Å². The molecule has 0 aliphatic rings. The van der Waals surface area contributed by atoms with Gasteiger partial charge in [-0.15, -0.1) is 11.3 Å². The molecule has 1 aromatic carbocycles. The summed E-state index contributed by atoms with van der Waals surface area (Å²) in [6, 6.07) is 13.3. The minimum Gasteiger partial charge on any atom is -0.444 e. The smallest absolute Gasteiger partial charge is 0.244 e. The number of rotatable bonds is 8. The van der Waals surface area contributed by atoms with Gasteiger partial charge in [0.1, 0.15) is 12.3 Å². The van der Waals surface area contributed by atoms with Crippen LogP contribution in [-0.4, -0.2) is 28.9 Å². The zero-order valence-corrected chi connectivity index (χ0v) is 15.8. The van der Waals surface area contributed by atoms with Gasteiger partial charge in [0.2, 0.25) is 11.8 Å². The Balaban J connectivity index is 1.75. The first kappa shape index (κ1) is 18.4. The maximum Gasteiger partial charge on any atom is 0.244 e. The van der Waals surface area contributed by atoms with Gasteiger partial charge >= 0.3 is 0 Å². The molecule has 0 aliphatic carbocycles. The topological polar surface area (TPSA) is 58.4 Å². The summed E-state index contributed by atoms with van der Waals surface area (Å²) in [4.78, 5) is 20.3. The van der Waals surface area contributed by atoms with Gasteiger partial charge in [-0.05, 0) is 30.9 Å². The molecule has 3 rings (SSSR count). The normalized spacial score (nSPS) is 12.1. The zero-order chi connectivity index (χ0) is 18.4. The number of nitrogens with zero attached hydrogens (tertiary/aromatic N) is 2. The molecule has 1 unspecified atom stereocenters.